The topological polar surface area (TPSA) is 12.0 Å². The summed E-state index contributed by atoms with van der Waals surface area (Å²) in [5, 5.41) is 4.10. The minimum absolute atomic E-state index is 0.814. The third kappa shape index (κ3) is 2.73. The predicted octanol–water partition coefficient (Wildman–Crippen LogP) is 4.76. The number of fused-ring (bicyclic) bond motifs is 5. The van der Waals surface area contributed by atoms with E-state index in [-0.39, 0.29) is 0 Å². The first kappa shape index (κ1) is 13.9. The summed E-state index contributed by atoms with van der Waals surface area (Å²) in [6.07, 6.45) is 14.6. The third-order valence-corrected chi connectivity index (χ3v) is 6.42. The Labute approximate surface area is 119 Å². The molecular formula is C18H33N. The number of unbranched alkanes of at least 4 members (excludes halogenated alkanes) is 1. The van der Waals surface area contributed by atoms with Crippen LogP contribution in [0.15, 0.2) is 0 Å². The van der Waals surface area contributed by atoms with Crippen molar-refractivity contribution in [3.05, 3.63) is 0 Å². The molecule has 6 atom stereocenters. The van der Waals surface area contributed by atoms with Gasteiger partial charge in [-0.05, 0) is 62.2 Å². The van der Waals surface area contributed by atoms with Gasteiger partial charge in [-0.2, -0.15) is 0 Å². The highest BCUT2D eigenvalue weighted by Gasteiger charge is 2.53. The molecule has 6 unspecified atom stereocenters. The first-order valence-electron chi connectivity index (χ1n) is 9.09. The van der Waals surface area contributed by atoms with Gasteiger partial charge >= 0.3 is 0 Å². The van der Waals surface area contributed by atoms with Gasteiger partial charge in [0.05, 0.1) is 0 Å². The van der Waals surface area contributed by atoms with Crippen LogP contribution in [0.4, 0.5) is 0 Å². The molecule has 0 aliphatic heterocycles. The number of rotatable bonds is 7. The van der Waals surface area contributed by atoms with Crippen LogP contribution in [0.25, 0.3) is 0 Å². The quantitative estimate of drug-likeness (QED) is 0.698. The van der Waals surface area contributed by atoms with E-state index in [1.54, 1.807) is 19.3 Å². The Morgan fingerprint density at radius 1 is 0.947 bits per heavy atom. The Morgan fingerprint density at radius 3 is 2.58 bits per heavy atom. The van der Waals surface area contributed by atoms with Crippen molar-refractivity contribution >= 4 is 0 Å². The van der Waals surface area contributed by atoms with Crippen LogP contribution in [0.3, 0.4) is 0 Å². The van der Waals surface area contributed by atoms with Crippen LogP contribution in [0.2, 0.25) is 0 Å². The minimum atomic E-state index is 0.814. The molecule has 3 fully saturated rings. The van der Waals surface area contributed by atoms with Crippen molar-refractivity contribution in [3.8, 4) is 0 Å². The third-order valence-electron chi connectivity index (χ3n) is 6.42. The maximum Gasteiger partial charge on any atom is 0.0103 e. The zero-order valence-electron chi connectivity index (χ0n) is 13.0. The zero-order valence-corrected chi connectivity index (χ0v) is 13.0. The Morgan fingerprint density at radius 2 is 1.79 bits per heavy atom. The summed E-state index contributed by atoms with van der Waals surface area (Å²) >= 11 is 0. The summed E-state index contributed by atoms with van der Waals surface area (Å²) in [6.45, 7) is 4.66. The van der Waals surface area contributed by atoms with E-state index in [9.17, 15) is 0 Å². The molecule has 0 heterocycles. The van der Waals surface area contributed by atoms with Gasteiger partial charge in [-0.1, -0.05) is 39.5 Å². The summed E-state index contributed by atoms with van der Waals surface area (Å²) in [5.41, 5.74) is 0. The van der Waals surface area contributed by atoms with E-state index in [1.165, 1.54) is 44.9 Å². The standard InChI is InChI=1S/C18H33N/c1-3-5-8-14(7-4-2)19-18-12-13-11-17(18)16-10-6-9-15(13)16/h13-19H,3-12H2,1-2H3. The lowest BCUT2D eigenvalue weighted by molar-refractivity contribution is 0.192. The summed E-state index contributed by atoms with van der Waals surface area (Å²) in [7, 11) is 0. The number of nitrogens with one attached hydrogen (secondary N) is 1. The van der Waals surface area contributed by atoms with Gasteiger partial charge in [0.25, 0.3) is 0 Å². The molecule has 110 valence electrons. The minimum Gasteiger partial charge on any atom is -0.311 e. The largest absolute Gasteiger partial charge is 0.311 e. The molecule has 1 N–H and O–H groups in total. The fourth-order valence-electron chi connectivity index (χ4n) is 5.67. The molecule has 0 saturated heterocycles. The molecule has 0 amide bonds. The summed E-state index contributed by atoms with van der Waals surface area (Å²) in [5.74, 6) is 4.41. The van der Waals surface area contributed by atoms with Crippen LogP contribution < -0.4 is 5.32 Å². The van der Waals surface area contributed by atoms with E-state index in [0.29, 0.717) is 0 Å². The average Bonchev–Trinajstić information content (AvgIpc) is 3.07. The Balaban J connectivity index is 1.55. The highest BCUT2D eigenvalue weighted by molar-refractivity contribution is 5.05. The SMILES string of the molecule is CCCCC(CCC)NC1CC2CC1C1CCCC21. The van der Waals surface area contributed by atoms with Crippen molar-refractivity contribution in [1.82, 2.24) is 5.32 Å². The van der Waals surface area contributed by atoms with Gasteiger partial charge in [0.15, 0.2) is 0 Å². The van der Waals surface area contributed by atoms with E-state index in [2.05, 4.69) is 19.2 Å². The molecule has 3 rings (SSSR count). The molecule has 19 heavy (non-hydrogen) atoms. The second-order valence-corrected chi connectivity index (χ2v) is 7.55. The summed E-state index contributed by atoms with van der Waals surface area (Å²) in [4.78, 5) is 0. The lowest BCUT2D eigenvalue weighted by atomic mass is 9.78. The van der Waals surface area contributed by atoms with Crippen molar-refractivity contribution in [2.24, 2.45) is 23.7 Å². The van der Waals surface area contributed by atoms with Crippen LogP contribution >= 0.6 is 0 Å². The molecule has 0 aromatic heterocycles. The lowest BCUT2D eigenvalue weighted by Gasteiger charge is -2.35. The average molecular weight is 263 g/mol. The van der Waals surface area contributed by atoms with Crippen molar-refractivity contribution in [2.45, 2.75) is 90.1 Å². The molecular weight excluding hydrogens is 230 g/mol. The van der Waals surface area contributed by atoms with Crippen LogP contribution in [0.1, 0.15) is 78.1 Å². The predicted molar refractivity (Wildman–Crippen MR) is 82.2 cm³/mol. The van der Waals surface area contributed by atoms with Crippen LogP contribution in [0.5, 0.6) is 0 Å². The summed E-state index contributed by atoms with van der Waals surface area (Å²) < 4.78 is 0. The second kappa shape index (κ2) is 6.16. The van der Waals surface area contributed by atoms with E-state index >= 15 is 0 Å². The highest BCUT2D eigenvalue weighted by Crippen LogP contribution is 2.58. The molecule has 2 bridgehead atoms. The van der Waals surface area contributed by atoms with E-state index in [0.717, 1.165) is 35.8 Å². The molecule has 0 radical (unpaired) electrons. The number of hydrogen-bond donors (Lipinski definition) is 1. The Bertz CT molecular complexity index is 287. The Kier molecular flexibility index (Phi) is 4.51. The van der Waals surface area contributed by atoms with E-state index in [1.807, 2.05) is 0 Å². The van der Waals surface area contributed by atoms with Crippen LogP contribution in [-0.2, 0) is 0 Å². The maximum absolute atomic E-state index is 4.10. The molecule has 3 aliphatic rings. The fourth-order valence-corrected chi connectivity index (χ4v) is 5.67. The molecule has 3 aliphatic carbocycles. The van der Waals surface area contributed by atoms with Gasteiger partial charge in [0, 0.05) is 12.1 Å². The fraction of sp³-hybridized carbons (Fsp3) is 1.00. The Hall–Kier alpha value is -0.0400. The van der Waals surface area contributed by atoms with Gasteiger partial charge in [0.1, 0.15) is 0 Å². The van der Waals surface area contributed by atoms with Crippen molar-refractivity contribution in [1.29, 1.82) is 0 Å². The molecule has 1 nitrogen and oxygen atoms in total. The molecule has 1 heteroatoms. The maximum atomic E-state index is 4.10. The van der Waals surface area contributed by atoms with E-state index < -0.39 is 0 Å². The molecule has 0 aromatic carbocycles. The monoisotopic (exact) mass is 263 g/mol. The molecule has 3 saturated carbocycles. The van der Waals surface area contributed by atoms with Gasteiger partial charge in [0.2, 0.25) is 0 Å². The van der Waals surface area contributed by atoms with Crippen LogP contribution in [-0.4, -0.2) is 12.1 Å². The van der Waals surface area contributed by atoms with Crippen molar-refractivity contribution < 1.29 is 0 Å². The van der Waals surface area contributed by atoms with Crippen molar-refractivity contribution in [3.63, 3.8) is 0 Å². The van der Waals surface area contributed by atoms with Gasteiger partial charge in [-0.3, -0.25) is 0 Å². The van der Waals surface area contributed by atoms with Gasteiger partial charge < -0.3 is 5.32 Å². The van der Waals surface area contributed by atoms with Crippen molar-refractivity contribution in [2.75, 3.05) is 0 Å². The van der Waals surface area contributed by atoms with E-state index in [4.69, 9.17) is 0 Å². The normalized spacial score (nSPS) is 41.7. The van der Waals surface area contributed by atoms with Gasteiger partial charge in [-0.15, -0.1) is 0 Å². The summed E-state index contributed by atoms with van der Waals surface area (Å²) in [6, 6.07) is 1.70. The lowest BCUT2D eigenvalue weighted by Crippen LogP contribution is -2.44. The van der Waals surface area contributed by atoms with Gasteiger partial charge in [-0.25, -0.2) is 0 Å². The smallest absolute Gasteiger partial charge is 0.0103 e. The second-order valence-electron chi connectivity index (χ2n) is 7.55. The molecule has 0 aromatic rings. The number of hydrogen-bond acceptors (Lipinski definition) is 1. The first-order chi connectivity index (χ1) is 9.33. The zero-order chi connectivity index (χ0) is 13.2. The van der Waals surface area contributed by atoms with Crippen LogP contribution in [0, 0.1) is 23.7 Å². The molecule has 0 spiro atoms. The first-order valence-corrected chi connectivity index (χ1v) is 9.09. The highest BCUT2D eigenvalue weighted by atomic mass is 15.0.